The van der Waals surface area contributed by atoms with Gasteiger partial charge in [0.2, 0.25) is 0 Å². The fourth-order valence-corrected chi connectivity index (χ4v) is 8.65. The summed E-state index contributed by atoms with van der Waals surface area (Å²) in [6.45, 7) is 41.9. The Balaban J connectivity index is 2.39. The molecule has 324 valence electrons. The van der Waals surface area contributed by atoms with E-state index in [1.807, 2.05) is 0 Å². The Bertz CT molecular complexity index is 1490. The number of benzene rings is 3. The summed E-state index contributed by atoms with van der Waals surface area (Å²) in [5.74, 6) is 7.36. The SMILES string of the molecule is CC(C)Cc1ccc(OB(Oc2ccc(CC(C)C)c(CC(C)C)c2CC(C)C)Oc2ccc(CC(C)C)c(CC(C)C)c2CC(C)C)c(CC(C)C)c1CC(C)C. The van der Waals surface area contributed by atoms with Gasteiger partial charge in [0.1, 0.15) is 17.2 Å². The summed E-state index contributed by atoms with van der Waals surface area (Å²) in [5.41, 5.74) is 12.6. The Hall–Kier alpha value is -2.88. The first-order chi connectivity index (χ1) is 27.1. The van der Waals surface area contributed by atoms with Crippen LogP contribution in [-0.2, 0) is 57.8 Å². The van der Waals surface area contributed by atoms with Crippen LogP contribution in [0.4, 0.5) is 0 Å². The van der Waals surface area contributed by atoms with E-state index < -0.39 is 7.32 Å². The second-order valence-electron chi connectivity index (χ2n) is 21.6. The lowest BCUT2D eigenvalue weighted by atomic mass is 9.85. The molecule has 58 heavy (non-hydrogen) atoms. The maximum Gasteiger partial charge on any atom is 0.864 e. The van der Waals surface area contributed by atoms with Crippen LogP contribution in [0.3, 0.4) is 0 Å². The van der Waals surface area contributed by atoms with Gasteiger partial charge in [-0.25, -0.2) is 0 Å². The van der Waals surface area contributed by atoms with Crippen LogP contribution in [0.5, 0.6) is 17.2 Å². The molecule has 3 aromatic rings. The molecule has 0 heterocycles. The van der Waals surface area contributed by atoms with E-state index in [1.165, 1.54) is 50.1 Å². The Morgan fingerprint density at radius 2 is 0.466 bits per heavy atom. The zero-order chi connectivity index (χ0) is 43.4. The maximum absolute atomic E-state index is 7.24. The molecule has 0 aliphatic heterocycles. The van der Waals surface area contributed by atoms with Gasteiger partial charge in [-0.3, -0.25) is 0 Å². The molecule has 0 aliphatic carbocycles. The van der Waals surface area contributed by atoms with Gasteiger partial charge in [-0.1, -0.05) is 143 Å². The van der Waals surface area contributed by atoms with E-state index in [0.29, 0.717) is 53.3 Å². The van der Waals surface area contributed by atoms with Gasteiger partial charge in [0, 0.05) is 0 Å². The van der Waals surface area contributed by atoms with Crippen LogP contribution in [0.25, 0.3) is 0 Å². The topological polar surface area (TPSA) is 27.7 Å². The molecule has 0 radical (unpaired) electrons. The van der Waals surface area contributed by atoms with Crippen molar-refractivity contribution in [3.05, 3.63) is 86.5 Å². The van der Waals surface area contributed by atoms with Gasteiger partial charge in [-0.2, -0.15) is 0 Å². The summed E-state index contributed by atoms with van der Waals surface area (Å²) >= 11 is 0. The highest BCUT2D eigenvalue weighted by Crippen LogP contribution is 2.37. The summed E-state index contributed by atoms with van der Waals surface area (Å²) < 4.78 is 21.7. The number of rotatable bonds is 24. The molecule has 0 saturated heterocycles. The van der Waals surface area contributed by atoms with Crippen LogP contribution in [0.2, 0.25) is 0 Å². The van der Waals surface area contributed by atoms with Crippen molar-refractivity contribution in [1.29, 1.82) is 0 Å². The largest absolute Gasteiger partial charge is 0.864 e. The lowest BCUT2D eigenvalue weighted by molar-refractivity contribution is 0.300. The highest BCUT2D eigenvalue weighted by molar-refractivity contribution is 6.39. The molecular weight excluding hydrogens is 707 g/mol. The number of hydrogen-bond acceptors (Lipinski definition) is 3. The predicted molar refractivity (Wildman–Crippen MR) is 254 cm³/mol. The highest BCUT2D eigenvalue weighted by Gasteiger charge is 2.35. The van der Waals surface area contributed by atoms with Crippen molar-refractivity contribution in [3.63, 3.8) is 0 Å². The Morgan fingerprint density at radius 1 is 0.276 bits per heavy atom. The molecule has 3 nitrogen and oxygen atoms in total. The molecule has 0 saturated carbocycles. The van der Waals surface area contributed by atoms with E-state index in [-0.39, 0.29) is 0 Å². The molecule has 0 fully saturated rings. The van der Waals surface area contributed by atoms with Gasteiger partial charge >= 0.3 is 7.32 Å². The zero-order valence-electron chi connectivity index (χ0n) is 40.8. The van der Waals surface area contributed by atoms with Crippen molar-refractivity contribution in [2.24, 2.45) is 53.3 Å². The van der Waals surface area contributed by atoms with Gasteiger partial charge in [-0.15, -0.1) is 0 Å². The van der Waals surface area contributed by atoms with E-state index in [2.05, 4.69) is 161 Å². The summed E-state index contributed by atoms with van der Waals surface area (Å²) in [5, 5.41) is 0. The minimum atomic E-state index is -0.976. The molecule has 0 bridgehead atoms. The standard InChI is InChI=1S/C54H87BO3/c1-34(2)25-43-19-22-52(49(31-40(13)14)46(43)28-37(7)8)56-55(57-53-23-20-44(26-35(3)4)47(29-38(9)10)50(53)32-41(15)16)58-54-24-21-45(27-36(5)6)48(30-39(11)12)51(54)33-42(17)18/h19-24,34-42H,25-33H2,1-18H3. The first-order valence-corrected chi connectivity index (χ1v) is 23.6. The molecule has 0 amide bonds. The molecule has 3 rings (SSSR count). The van der Waals surface area contributed by atoms with E-state index in [1.54, 1.807) is 0 Å². The Labute approximate surface area is 359 Å². The van der Waals surface area contributed by atoms with Crippen LogP contribution >= 0.6 is 0 Å². The average molecular weight is 795 g/mol. The molecule has 0 unspecified atom stereocenters. The minimum Gasteiger partial charge on any atom is -0.489 e. The maximum atomic E-state index is 7.24. The summed E-state index contributed by atoms with van der Waals surface area (Å²) in [6.07, 6.45) is 9.08. The summed E-state index contributed by atoms with van der Waals surface area (Å²) in [6, 6.07) is 13.6. The van der Waals surface area contributed by atoms with Crippen molar-refractivity contribution in [1.82, 2.24) is 0 Å². The van der Waals surface area contributed by atoms with Crippen molar-refractivity contribution in [3.8, 4) is 17.2 Å². The fourth-order valence-electron chi connectivity index (χ4n) is 8.65. The fraction of sp³-hybridized carbons (Fsp3) is 0.667. The van der Waals surface area contributed by atoms with Gasteiger partial charge in [-0.05, 0) is 179 Å². The minimum absolute atomic E-state index is 0.470. The van der Waals surface area contributed by atoms with E-state index in [4.69, 9.17) is 14.0 Å². The van der Waals surface area contributed by atoms with Gasteiger partial charge < -0.3 is 14.0 Å². The second-order valence-corrected chi connectivity index (χ2v) is 21.6. The quantitative estimate of drug-likeness (QED) is 0.0846. The van der Waals surface area contributed by atoms with Crippen LogP contribution in [0, 0.1) is 53.3 Å². The second kappa shape index (κ2) is 23.2. The summed E-state index contributed by atoms with van der Waals surface area (Å²) in [4.78, 5) is 0. The lowest BCUT2D eigenvalue weighted by Gasteiger charge is -2.27. The molecule has 0 aliphatic rings. The van der Waals surface area contributed by atoms with Crippen molar-refractivity contribution in [2.75, 3.05) is 0 Å². The normalized spacial score (nSPS) is 12.3. The lowest BCUT2D eigenvalue weighted by Crippen LogP contribution is -2.38. The monoisotopic (exact) mass is 795 g/mol. The third-order valence-electron chi connectivity index (χ3n) is 10.7. The third kappa shape index (κ3) is 15.6. The average Bonchev–Trinajstić information content (AvgIpc) is 3.07. The van der Waals surface area contributed by atoms with Crippen molar-refractivity contribution >= 4 is 7.32 Å². The molecular formula is C54H87BO3. The first kappa shape index (κ1) is 49.5. The zero-order valence-corrected chi connectivity index (χ0v) is 40.8. The van der Waals surface area contributed by atoms with E-state index in [0.717, 1.165) is 75.0 Å². The van der Waals surface area contributed by atoms with Crippen molar-refractivity contribution in [2.45, 2.75) is 182 Å². The van der Waals surface area contributed by atoms with Crippen LogP contribution in [0.15, 0.2) is 36.4 Å². The number of hydrogen-bond donors (Lipinski definition) is 0. The van der Waals surface area contributed by atoms with Gasteiger partial charge in [0.05, 0.1) is 0 Å². The molecule has 0 N–H and O–H groups in total. The molecule has 4 heteroatoms. The summed E-state index contributed by atoms with van der Waals surface area (Å²) in [7, 11) is -0.976. The van der Waals surface area contributed by atoms with Gasteiger partial charge in [0.15, 0.2) is 0 Å². The van der Waals surface area contributed by atoms with Crippen molar-refractivity contribution < 1.29 is 14.0 Å². The third-order valence-corrected chi connectivity index (χ3v) is 10.7. The smallest absolute Gasteiger partial charge is 0.489 e. The first-order valence-electron chi connectivity index (χ1n) is 23.6. The van der Waals surface area contributed by atoms with Crippen LogP contribution in [0.1, 0.15) is 175 Å². The molecule has 0 aromatic heterocycles. The van der Waals surface area contributed by atoms with Crippen LogP contribution in [-0.4, -0.2) is 7.32 Å². The van der Waals surface area contributed by atoms with E-state index in [9.17, 15) is 0 Å². The molecule has 0 atom stereocenters. The highest BCUT2D eigenvalue weighted by atomic mass is 16.7. The Morgan fingerprint density at radius 3 is 0.655 bits per heavy atom. The van der Waals surface area contributed by atoms with E-state index >= 15 is 0 Å². The van der Waals surface area contributed by atoms with Gasteiger partial charge in [0.25, 0.3) is 0 Å². The Kier molecular flexibility index (Phi) is 19.8. The molecule has 0 spiro atoms. The van der Waals surface area contributed by atoms with Crippen LogP contribution < -0.4 is 14.0 Å². The predicted octanol–water partition coefficient (Wildman–Crippen LogP) is 15.0. The molecule has 3 aromatic carbocycles.